The molecule has 3 aliphatic rings. The van der Waals surface area contributed by atoms with Crippen LogP contribution in [-0.2, 0) is 22.5 Å². The first-order valence-electron chi connectivity index (χ1n) is 10.6. The van der Waals surface area contributed by atoms with Crippen LogP contribution in [0.1, 0.15) is 38.3 Å². The van der Waals surface area contributed by atoms with Crippen molar-refractivity contribution in [2.24, 2.45) is 11.3 Å². The molecule has 0 fully saturated rings. The van der Waals surface area contributed by atoms with Gasteiger partial charge in [0.15, 0.2) is 0 Å². The van der Waals surface area contributed by atoms with Gasteiger partial charge in [-0.05, 0) is 41.4 Å². The van der Waals surface area contributed by atoms with Gasteiger partial charge in [-0.2, -0.15) is 0 Å². The van der Waals surface area contributed by atoms with Gasteiger partial charge in [0.1, 0.15) is 17.8 Å². The molecule has 0 aromatic heterocycles. The number of allylic oxidation sites excluding steroid dienone is 4. The fourth-order valence-corrected chi connectivity index (χ4v) is 4.17. The Kier molecular flexibility index (Phi) is 5.56. The highest BCUT2D eigenvalue weighted by atomic mass is 16.5. The molecule has 0 saturated carbocycles. The van der Waals surface area contributed by atoms with Crippen LogP contribution in [0.25, 0.3) is 0 Å². The SMILES string of the molecule is CC(C)(C)C1C=CC=C(C2=CN(C(=O)CN3CCc4cccc(O)c4C3)C=CO2)C1. The number of rotatable bonds is 3. The predicted molar refractivity (Wildman–Crippen MR) is 117 cm³/mol. The fourth-order valence-electron chi connectivity index (χ4n) is 4.17. The van der Waals surface area contributed by atoms with E-state index in [1.54, 1.807) is 29.6 Å². The summed E-state index contributed by atoms with van der Waals surface area (Å²) in [6.45, 7) is 8.41. The predicted octanol–water partition coefficient (Wildman–Crippen LogP) is 4.47. The van der Waals surface area contributed by atoms with Gasteiger partial charge in [-0.15, -0.1) is 0 Å². The molecule has 1 aromatic rings. The van der Waals surface area contributed by atoms with Gasteiger partial charge >= 0.3 is 0 Å². The summed E-state index contributed by atoms with van der Waals surface area (Å²) in [5, 5.41) is 10.1. The van der Waals surface area contributed by atoms with E-state index in [1.165, 1.54) is 0 Å². The highest BCUT2D eigenvalue weighted by Gasteiger charge is 2.28. The van der Waals surface area contributed by atoms with E-state index in [0.717, 1.165) is 41.8 Å². The number of phenols is 1. The minimum Gasteiger partial charge on any atom is -0.508 e. The summed E-state index contributed by atoms with van der Waals surface area (Å²) >= 11 is 0. The first-order chi connectivity index (χ1) is 14.3. The molecule has 0 radical (unpaired) electrons. The summed E-state index contributed by atoms with van der Waals surface area (Å²) in [7, 11) is 0. The van der Waals surface area contributed by atoms with Crippen molar-refractivity contribution < 1.29 is 14.6 Å². The fraction of sp³-hybridized carbons (Fsp3) is 0.400. The van der Waals surface area contributed by atoms with Gasteiger partial charge in [0.2, 0.25) is 5.91 Å². The van der Waals surface area contributed by atoms with Gasteiger partial charge in [-0.3, -0.25) is 14.6 Å². The van der Waals surface area contributed by atoms with Crippen LogP contribution in [0.15, 0.2) is 66.4 Å². The Hall–Kier alpha value is -2.79. The van der Waals surface area contributed by atoms with E-state index in [9.17, 15) is 9.90 Å². The van der Waals surface area contributed by atoms with Crippen molar-refractivity contribution in [1.29, 1.82) is 0 Å². The number of amides is 1. The Morgan fingerprint density at radius 2 is 2.13 bits per heavy atom. The number of phenolic OH excluding ortho intramolecular Hbond substituents is 1. The number of carbonyl (C=O) groups excluding carboxylic acids is 1. The lowest BCUT2D eigenvalue weighted by Gasteiger charge is -2.32. The maximum atomic E-state index is 13.0. The van der Waals surface area contributed by atoms with E-state index in [-0.39, 0.29) is 11.3 Å². The minimum atomic E-state index is -0.00903. The molecule has 0 spiro atoms. The third-order valence-electron chi connectivity index (χ3n) is 6.16. The van der Waals surface area contributed by atoms with Crippen molar-refractivity contribution in [3.8, 4) is 5.75 Å². The smallest absolute Gasteiger partial charge is 0.244 e. The average molecular weight is 407 g/mol. The van der Waals surface area contributed by atoms with Gasteiger partial charge < -0.3 is 9.84 Å². The Morgan fingerprint density at radius 3 is 2.93 bits per heavy atom. The van der Waals surface area contributed by atoms with E-state index in [2.05, 4.69) is 43.9 Å². The molecule has 1 N–H and O–H groups in total. The molecular formula is C25H30N2O3. The number of carbonyl (C=O) groups is 1. The normalized spacial score (nSPS) is 21.6. The number of aromatic hydroxyl groups is 1. The number of fused-ring (bicyclic) bond motifs is 1. The number of nitrogens with zero attached hydrogens (tertiary/aromatic N) is 2. The molecule has 158 valence electrons. The summed E-state index contributed by atoms with van der Waals surface area (Å²) in [5.74, 6) is 1.46. The molecule has 1 unspecified atom stereocenters. The topological polar surface area (TPSA) is 53.0 Å². The van der Waals surface area contributed by atoms with E-state index >= 15 is 0 Å². The van der Waals surface area contributed by atoms with Crippen molar-refractivity contribution in [3.63, 3.8) is 0 Å². The molecule has 1 amide bonds. The molecule has 2 heterocycles. The molecule has 2 aliphatic heterocycles. The number of hydrogen-bond acceptors (Lipinski definition) is 4. The highest BCUT2D eigenvalue weighted by Crippen LogP contribution is 2.37. The first kappa shape index (κ1) is 20.5. The van der Waals surface area contributed by atoms with Crippen molar-refractivity contribution in [2.75, 3.05) is 13.1 Å². The molecule has 1 aliphatic carbocycles. The summed E-state index contributed by atoms with van der Waals surface area (Å²) in [6, 6.07) is 5.63. The van der Waals surface area contributed by atoms with Crippen LogP contribution in [0.5, 0.6) is 5.75 Å². The lowest BCUT2D eigenvalue weighted by Crippen LogP contribution is -2.39. The summed E-state index contributed by atoms with van der Waals surface area (Å²) in [5.41, 5.74) is 3.37. The molecular weight excluding hydrogens is 376 g/mol. The summed E-state index contributed by atoms with van der Waals surface area (Å²) in [4.78, 5) is 16.7. The standard InChI is InChI=1S/C25H30N2O3/c1-25(2,3)20-8-4-7-19(14-20)23-16-27(12-13-30-23)24(29)17-26-11-10-18-6-5-9-22(28)21(18)15-26/h4-9,12-13,16,20,28H,10-11,14-15,17H2,1-3H3. The number of ether oxygens (including phenoxy) is 1. The quantitative estimate of drug-likeness (QED) is 0.805. The van der Waals surface area contributed by atoms with E-state index in [1.807, 2.05) is 12.1 Å². The Balaban J connectivity index is 1.43. The number of benzene rings is 1. The lowest BCUT2D eigenvalue weighted by molar-refractivity contribution is -0.128. The molecule has 30 heavy (non-hydrogen) atoms. The number of hydrogen-bond donors (Lipinski definition) is 1. The van der Waals surface area contributed by atoms with Crippen LogP contribution in [0.2, 0.25) is 0 Å². The largest absolute Gasteiger partial charge is 0.508 e. The van der Waals surface area contributed by atoms with Gasteiger partial charge in [0.05, 0.1) is 12.7 Å². The van der Waals surface area contributed by atoms with Crippen LogP contribution < -0.4 is 0 Å². The molecule has 0 saturated heterocycles. The van der Waals surface area contributed by atoms with Gasteiger partial charge in [0.25, 0.3) is 0 Å². The zero-order chi connectivity index (χ0) is 21.3. The van der Waals surface area contributed by atoms with E-state index < -0.39 is 0 Å². The van der Waals surface area contributed by atoms with Gasteiger partial charge in [-0.25, -0.2) is 0 Å². The van der Waals surface area contributed by atoms with Crippen molar-refractivity contribution in [2.45, 2.75) is 40.2 Å². The highest BCUT2D eigenvalue weighted by molar-refractivity contribution is 5.80. The molecule has 0 bridgehead atoms. The Morgan fingerprint density at radius 1 is 1.30 bits per heavy atom. The average Bonchev–Trinajstić information content (AvgIpc) is 2.74. The second-order valence-electron chi connectivity index (χ2n) is 9.33. The van der Waals surface area contributed by atoms with Crippen molar-refractivity contribution in [1.82, 2.24) is 9.80 Å². The third-order valence-corrected chi connectivity index (χ3v) is 6.16. The zero-order valence-electron chi connectivity index (χ0n) is 18.0. The summed E-state index contributed by atoms with van der Waals surface area (Å²) in [6.07, 6.45) is 13.2. The van der Waals surface area contributed by atoms with E-state index in [0.29, 0.717) is 24.8 Å². The van der Waals surface area contributed by atoms with Crippen molar-refractivity contribution >= 4 is 5.91 Å². The molecule has 5 nitrogen and oxygen atoms in total. The first-order valence-corrected chi connectivity index (χ1v) is 10.6. The van der Waals surface area contributed by atoms with Crippen LogP contribution in [0.4, 0.5) is 0 Å². The van der Waals surface area contributed by atoms with Crippen LogP contribution in [0, 0.1) is 11.3 Å². The molecule has 1 aromatic carbocycles. The van der Waals surface area contributed by atoms with Crippen molar-refractivity contribution in [3.05, 3.63) is 77.5 Å². The lowest BCUT2D eigenvalue weighted by atomic mass is 9.75. The molecule has 5 heteroatoms. The third kappa shape index (κ3) is 4.36. The molecule has 4 rings (SSSR count). The van der Waals surface area contributed by atoms with Gasteiger partial charge in [0, 0.05) is 24.9 Å². The molecule has 1 atom stereocenters. The van der Waals surface area contributed by atoms with Crippen LogP contribution in [0.3, 0.4) is 0 Å². The maximum absolute atomic E-state index is 13.0. The summed E-state index contributed by atoms with van der Waals surface area (Å²) < 4.78 is 5.75. The maximum Gasteiger partial charge on any atom is 0.244 e. The van der Waals surface area contributed by atoms with E-state index in [4.69, 9.17) is 4.74 Å². The van der Waals surface area contributed by atoms with Crippen LogP contribution in [-0.4, -0.2) is 33.9 Å². The second-order valence-corrected chi connectivity index (χ2v) is 9.33. The zero-order valence-corrected chi connectivity index (χ0v) is 18.0. The minimum absolute atomic E-state index is 0.00903. The second kappa shape index (κ2) is 8.15. The van der Waals surface area contributed by atoms with Gasteiger partial charge in [-0.1, -0.05) is 51.1 Å². The van der Waals surface area contributed by atoms with Crippen LogP contribution >= 0.6 is 0 Å². The Bertz CT molecular complexity index is 950. The Labute approximate surface area is 178 Å². The monoisotopic (exact) mass is 406 g/mol.